The highest BCUT2D eigenvalue weighted by Crippen LogP contribution is 2.09. The lowest BCUT2D eigenvalue weighted by molar-refractivity contribution is 0.200. The zero-order chi connectivity index (χ0) is 12.0. The average Bonchev–Trinajstić information content (AvgIpc) is 2.29. The third-order valence-corrected chi connectivity index (χ3v) is 2.02. The fourth-order valence-corrected chi connectivity index (χ4v) is 1.23. The van der Waals surface area contributed by atoms with Gasteiger partial charge in [0.15, 0.2) is 5.84 Å². The second-order valence-electron chi connectivity index (χ2n) is 3.44. The van der Waals surface area contributed by atoms with E-state index in [-0.39, 0.29) is 11.9 Å². The van der Waals surface area contributed by atoms with Crippen molar-refractivity contribution in [2.45, 2.75) is 32.8 Å². The van der Waals surface area contributed by atoms with E-state index in [1.807, 2.05) is 6.92 Å². The summed E-state index contributed by atoms with van der Waals surface area (Å²) in [5, 5.41) is 11.3. The molecule has 1 unspecified atom stereocenters. The molecule has 0 spiro atoms. The highest BCUT2D eigenvalue weighted by atomic mass is 16.5. The van der Waals surface area contributed by atoms with Gasteiger partial charge < -0.3 is 15.7 Å². The largest absolute Gasteiger partial charge is 0.474 e. The van der Waals surface area contributed by atoms with Crippen molar-refractivity contribution in [2.24, 2.45) is 10.9 Å². The van der Waals surface area contributed by atoms with Gasteiger partial charge in [-0.1, -0.05) is 18.5 Å². The molecule has 0 aliphatic heterocycles. The van der Waals surface area contributed by atoms with Crippen molar-refractivity contribution in [3.05, 3.63) is 18.1 Å². The minimum atomic E-state index is -0.0688. The van der Waals surface area contributed by atoms with Gasteiger partial charge in [-0.25, -0.2) is 9.97 Å². The summed E-state index contributed by atoms with van der Waals surface area (Å²) in [6.07, 6.45) is 4.98. The van der Waals surface area contributed by atoms with Crippen LogP contribution in [0.2, 0.25) is 0 Å². The van der Waals surface area contributed by atoms with Gasteiger partial charge in [0.1, 0.15) is 5.69 Å². The molecule has 0 radical (unpaired) electrons. The van der Waals surface area contributed by atoms with Gasteiger partial charge in [-0.2, -0.15) is 0 Å². The Bertz CT molecular complexity index is 350. The van der Waals surface area contributed by atoms with Crippen LogP contribution in [0.1, 0.15) is 32.4 Å². The Balaban J connectivity index is 2.64. The summed E-state index contributed by atoms with van der Waals surface area (Å²) in [6.45, 7) is 4.07. The molecule has 3 N–H and O–H groups in total. The van der Waals surface area contributed by atoms with Gasteiger partial charge in [-0.05, 0) is 13.3 Å². The first kappa shape index (κ1) is 12.2. The second kappa shape index (κ2) is 5.89. The highest BCUT2D eigenvalue weighted by molar-refractivity contribution is 5.94. The molecule has 1 rings (SSSR count). The second-order valence-corrected chi connectivity index (χ2v) is 3.44. The van der Waals surface area contributed by atoms with Crippen molar-refractivity contribution in [3.8, 4) is 5.88 Å². The Morgan fingerprint density at radius 3 is 2.81 bits per heavy atom. The number of oxime groups is 1. The number of rotatable bonds is 5. The summed E-state index contributed by atoms with van der Waals surface area (Å²) in [4.78, 5) is 7.97. The zero-order valence-electron chi connectivity index (χ0n) is 9.42. The molecule has 0 bridgehead atoms. The lowest BCUT2D eigenvalue weighted by Crippen LogP contribution is -2.16. The summed E-state index contributed by atoms with van der Waals surface area (Å²) in [5.41, 5.74) is 5.67. The maximum Gasteiger partial charge on any atom is 0.232 e. The smallest absolute Gasteiger partial charge is 0.232 e. The van der Waals surface area contributed by atoms with Gasteiger partial charge in [-0.3, -0.25) is 0 Å². The molecule has 1 aromatic heterocycles. The minimum Gasteiger partial charge on any atom is -0.474 e. The monoisotopic (exact) mass is 224 g/mol. The van der Waals surface area contributed by atoms with Crippen LogP contribution in [-0.2, 0) is 0 Å². The highest BCUT2D eigenvalue weighted by Gasteiger charge is 2.06. The Labute approximate surface area is 94.2 Å². The number of ether oxygens (including phenoxy) is 1. The van der Waals surface area contributed by atoms with E-state index in [0.717, 1.165) is 12.8 Å². The standard InChI is InChI=1S/C10H16N4O2/c1-3-4-7(2)16-9-6-12-8(5-13-9)10(11)14-15/h5-7,15H,3-4H2,1-2H3,(H2,11,14). The Morgan fingerprint density at radius 1 is 1.56 bits per heavy atom. The number of hydrogen-bond donors (Lipinski definition) is 2. The molecular weight excluding hydrogens is 208 g/mol. The van der Waals surface area contributed by atoms with E-state index >= 15 is 0 Å². The van der Waals surface area contributed by atoms with Gasteiger partial charge >= 0.3 is 0 Å². The molecular formula is C10H16N4O2. The van der Waals surface area contributed by atoms with E-state index < -0.39 is 0 Å². The minimum absolute atomic E-state index is 0.0688. The molecule has 0 fully saturated rings. The summed E-state index contributed by atoms with van der Waals surface area (Å²) in [5.74, 6) is 0.371. The number of hydrogen-bond acceptors (Lipinski definition) is 5. The number of aromatic nitrogens is 2. The van der Waals surface area contributed by atoms with Crippen molar-refractivity contribution in [1.29, 1.82) is 0 Å². The predicted molar refractivity (Wildman–Crippen MR) is 59.5 cm³/mol. The number of nitrogens with two attached hydrogens (primary N) is 1. The Morgan fingerprint density at radius 2 is 2.31 bits per heavy atom. The van der Waals surface area contributed by atoms with Crippen molar-refractivity contribution in [3.63, 3.8) is 0 Å². The predicted octanol–water partition coefficient (Wildman–Crippen LogP) is 1.14. The Kier molecular flexibility index (Phi) is 4.50. The van der Waals surface area contributed by atoms with Crippen LogP contribution >= 0.6 is 0 Å². The van der Waals surface area contributed by atoms with Crippen molar-refractivity contribution < 1.29 is 9.94 Å². The fraction of sp³-hybridized carbons (Fsp3) is 0.500. The van der Waals surface area contributed by atoms with Crippen LogP contribution in [0.25, 0.3) is 0 Å². The zero-order valence-corrected chi connectivity index (χ0v) is 9.42. The molecule has 1 aromatic rings. The first-order chi connectivity index (χ1) is 7.67. The molecule has 0 amide bonds. The van der Waals surface area contributed by atoms with Crippen LogP contribution in [0.5, 0.6) is 5.88 Å². The molecule has 1 atom stereocenters. The summed E-state index contributed by atoms with van der Waals surface area (Å²) in [7, 11) is 0. The van der Waals surface area contributed by atoms with Crippen LogP contribution in [-0.4, -0.2) is 27.1 Å². The maximum atomic E-state index is 8.44. The van der Waals surface area contributed by atoms with Gasteiger partial charge in [0.2, 0.25) is 5.88 Å². The van der Waals surface area contributed by atoms with Gasteiger partial charge in [-0.15, -0.1) is 0 Å². The quantitative estimate of drug-likeness (QED) is 0.338. The molecule has 1 heterocycles. The third kappa shape index (κ3) is 3.38. The van der Waals surface area contributed by atoms with Crippen LogP contribution in [0.15, 0.2) is 17.5 Å². The van der Waals surface area contributed by atoms with E-state index in [9.17, 15) is 0 Å². The Hall–Kier alpha value is -1.85. The van der Waals surface area contributed by atoms with Crippen LogP contribution in [0.4, 0.5) is 0 Å². The van der Waals surface area contributed by atoms with Gasteiger partial charge in [0, 0.05) is 0 Å². The molecule has 88 valence electrons. The molecule has 0 aromatic carbocycles. The molecule has 16 heavy (non-hydrogen) atoms. The van der Waals surface area contributed by atoms with Crippen molar-refractivity contribution >= 4 is 5.84 Å². The van der Waals surface area contributed by atoms with E-state index in [4.69, 9.17) is 15.7 Å². The topological polar surface area (TPSA) is 93.6 Å². The SMILES string of the molecule is CCCC(C)Oc1cnc(C(N)=NO)cn1. The van der Waals surface area contributed by atoms with E-state index in [2.05, 4.69) is 22.0 Å². The lowest BCUT2D eigenvalue weighted by Gasteiger charge is -2.12. The molecule has 0 saturated heterocycles. The normalized spacial score (nSPS) is 13.5. The van der Waals surface area contributed by atoms with Crippen molar-refractivity contribution in [2.75, 3.05) is 0 Å². The molecule has 0 saturated carbocycles. The molecule has 0 aliphatic carbocycles. The van der Waals surface area contributed by atoms with E-state index in [1.165, 1.54) is 12.4 Å². The number of amidine groups is 1. The van der Waals surface area contributed by atoms with Gasteiger partial charge in [0.05, 0.1) is 18.5 Å². The summed E-state index contributed by atoms with van der Waals surface area (Å²) in [6, 6.07) is 0. The van der Waals surface area contributed by atoms with Crippen LogP contribution in [0, 0.1) is 0 Å². The fourth-order valence-electron chi connectivity index (χ4n) is 1.23. The van der Waals surface area contributed by atoms with E-state index in [1.54, 1.807) is 0 Å². The molecule has 6 heteroatoms. The first-order valence-corrected chi connectivity index (χ1v) is 5.14. The maximum absolute atomic E-state index is 8.44. The lowest BCUT2D eigenvalue weighted by atomic mass is 10.2. The third-order valence-electron chi connectivity index (χ3n) is 2.02. The van der Waals surface area contributed by atoms with E-state index in [0.29, 0.717) is 11.6 Å². The number of nitrogens with zero attached hydrogens (tertiary/aromatic N) is 3. The molecule has 0 aliphatic rings. The summed E-state index contributed by atoms with van der Waals surface area (Å²) >= 11 is 0. The molecule has 6 nitrogen and oxygen atoms in total. The van der Waals surface area contributed by atoms with Gasteiger partial charge in [0.25, 0.3) is 0 Å². The van der Waals surface area contributed by atoms with Crippen LogP contribution in [0.3, 0.4) is 0 Å². The first-order valence-electron chi connectivity index (χ1n) is 5.14. The van der Waals surface area contributed by atoms with Crippen molar-refractivity contribution in [1.82, 2.24) is 9.97 Å². The van der Waals surface area contributed by atoms with Crippen LogP contribution < -0.4 is 10.5 Å². The average molecular weight is 224 g/mol. The summed E-state index contributed by atoms with van der Waals surface area (Å²) < 4.78 is 5.51.